The average Bonchev–Trinajstić information content (AvgIpc) is 3.35. The number of amides is 4. The molecule has 0 saturated carbocycles. The van der Waals surface area contributed by atoms with E-state index in [4.69, 9.17) is 4.84 Å². The van der Waals surface area contributed by atoms with E-state index in [1.54, 1.807) is 48.5 Å². The number of nitrogens with zero attached hydrogens (tertiary/aromatic N) is 1. The Morgan fingerprint density at radius 1 is 0.614 bits per heavy atom. The van der Waals surface area contributed by atoms with Gasteiger partial charge in [-0.1, -0.05) is 42.0 Å². The van der Waals surface area contributed by atoms with Gasteiger partial charge in [0.15, 0.2) is 5.78 Å². The van der Waals surface area contributed by atoms with Crippen molar-refractivity contribution >= 4 is 46.8 Å². The number of hydroxylamine groups is 2. The highest BCUT2D eigenvalue weighted by atomic mass is 16.7. The minimum absolute atomic E-state index is 0.00665. The summed E-state index contributed by atoms with van der Waals surface area (Å²) in [6, 6.07) is 26.3. The van der Waals surface area contributed by atoms with Crippen molar-refractivity contribution in [2.45, 2.75) is 26.2 Å². The number of carbonyl (C=O) groups is 6. The molecule has 0 atom stereocenters. The number of imide groups is 1. The zero-order valence-corrected chi connectivity index (χ0v) is 23.7. The normalized spacial score (nSPS) is 12.5. The molecule has 5 rings (SSSR count). The molecule has 10 heteroatoms. The molecule has 0 bridgehead atoms. The third kappa shape index (κ3) is 7.11. The van der Waals surface area contributed by atoms with Crippen LogP contribution in [0, 0.1) is 6.92 Å². The van der Waals surface area contributed by atoms with Crippen LogP contribution in [0.25, 0.3) is 0 Å². The number of carbonyl (C=O) groups excluding carboxylic acids is 6. The van der Waals surface area contributed by atoms with Crippen molar-refractivity contribution in [3.8, 4) is 0 Å². The summed E-state index contributed by atoms with van der Waals surface area (Å²) in [4.78, 5) is 78.5. The van der Waals surface area contributed by atoms with Crippen LogP contribution in [0.2, 0.25) is 0 Å². The van der Waals surface area contributed by atoms with Crippen molar-refractivity contribution in [3.05, 3.63) is 130 Å². The van der Waals surface area contributed by atoms with Gasteiger partial charge in [0.05, 0.1) is 5.56 Å². The fraction of sp³-hybridized carbons (Fsp3) is 0.118. The van der Waals surface area contributed by atoms with E-state index in [0.717, 1.165) is 11.1 Å². The second-order valence-electron chi connectivity index (χ2n) is 10.2. The number of rotatable bonds is 9. The predicted molar refractivity (Wildman–Crippen MR) is 161 cm³/mol. The SMILES string of the molecule is Cc1ccc(NC(=O)c2ccc(C(=O)Cc3ccc(NC(=O)c4ccc(C(=O)ON5C(=O)CCC5=O)cc4)cc3)cc2)cc1. The molecule has 4 aromatic carbocycles. The number of aryl methyl sites for hydroxylation is 1. The summed E-state index contributed by atoms with van der Waals surface area (Å²) in [5.74, 6) is -2.86. The van der Waals surface area contributed by atoms with Crippen LogP contribution in [-0.4, -0.2) is 40.4 Å². The first kappa shape index (κ1) is 29.6. The largest absolute Gasteiger partial charge is 0.363 e. The molecule has 1 heterocycles. The minimum Gasteiger partial charge on any atom is -0.325 e. The maximum absolute atomic E-state index is 12.8. The Hall–Kier alpha value is -5.90. The van der Waals surface area contributed by atoms with Crippen LogP contribution >= 0.6 is 0 Å². The quantitative estimate of drug-likeness (QED) is 0.203. The van der Waals surface area contributed by atoms with Gasteiger partial charge in [-0.05, 0) is 73.2 Å². The van der Waals surface area contributed by atoms with E-state index in [2.05, 4.69) is 10.6 Å². The van der Waals surface area contributed by atoms with Crippen molar-refractivity contribution < 1.29 is 33.6 Å². The van der Waals surface area contributed by atoms with E-state index in [9.17, 15) is 28.8 Å². The van der Waals surface area contributed by atoms with E-state index in [1.807, 2.05) is 31.2 Å². The smallest absolute Gasteiger partial charge is 0.325 e. The fourth-order valence-corrected chi connectivity index (χ4v) is 4.40. The van der Waals surface area contributed by atoms with Crippen LogP contribution in [0.1, 0.15) is 65.4 Å². The first-order valence-electron chi connectivity index (χ1n) is 13.8. The summed E-state index contributed by atoms with van der Waals surface area (Å²) in [6.07, 6.45) is 0.121. The van der Waals surface area contributed by atoms with Crippen LogP contribution in [0.15, 0.2) is 97.1 Å². The molecule has 0 radical (unpaired) electrons. The van der Waals surface area contributed by atoms with Gasteiger partial charge in [0.2, 0.25) is 0 Å². The second kappa shape index (κ2) is 13.0. The summed E-state index contributed by atoms with van der Waals surface area (Å²) in [5.41, 5.74) is 4.28. The highest BCUT2D eigenvalue weighted by Crippen LogP contribution is 2.18. The summed E-state index contributed by atoms with van der Waals surface area (Å²) in [6.45, 7) is 1.97. The molecule has 0 aliphatic carbocycles. The molecule has 0 aromatic heterocycles. The highest BCUT2D eigenvalue weighted by Gasteiger charge is 2.33. The third-order valence-electron chi connectivity index (χ3n) is 6.92. The zero-order valence-electron chi connectivity index (χ0n) is 23.7. The summed E-state index contributed by atoms with van der Waals surface area (Å²) in [5, 5.41) is 6.04. The Labute approximate surface area is 252 Å². The summed E-state index contributed by atoms with van der Waals surface area (Å²) >= 11 is 0. The van der Waals surface area contributed by atoms with Crippen LogP contribution in [0.3, 0.4) is 0 Å². The van der Waals surface area contributed by atoms with Gasteiger partial charge < -0.3 is 15.5 Å². The van der Waals surface area contributed by atoms with Gasteiger partial charge in [0.1, 0.15) is 0 Å². The molecule has 1 aliphatic rings. The van der Waals surface area contributed by atoms with E-state index in [-0.39, 0.29) is 42.1 Å². The lowest BCUT2D eigenvalue weighted by molar-refractivity contribution is -0.172. The van der Waals surface area contributed by atoms with E-state index in [1.165, 1.54) is 24.3 Å². The number of nitrogens with one attached hydrogen (secondary N) is 2. The number of ketones is 1. The highest BCUT2D eigenvalue weighted by molar-refractivity contribution is 6.06. The van der Waals surface area contributed by atoms with Crippen molar-refractivity contribution in [1.29, 1.82) is 0 Å². The van der Waals surface area contributed by atoms with Gasteiger partial charge in [0.25, 0.3) is 23.6 Å². The molecule has 220 valence electrons. The molecule has 0 spiro atoms. The van der Waals surface area contributed by atoms with Gasteiger partial charge in [-0.15, -0.1) is 5.06 Å². The zero-order chi connectivity index (χ0) is 31.2. The molecule has 1 fully saturated rings. The van der Waals surface area contributed by atoms with Crippen LogP contribution in [0.4, 0.5) is 11.4 Å². The Kier molecular flexibility index (Phi) is 8.71. The monoisotopic (exact) mass is 589 g/mol. The lowest BCUT2D eigenvalue weighted by Gasteiger charge is -2.12. The minimum atomic E-state index is -0.884. The predicted octanol–water partition coefficient (Wildman–Crippen LogP) is 5.15. The molecule has 44 heavy (non-hydrogen) atoms. The van der Waals surface area contributed by atoms with Gasteiger partial charge in [-0.2, -0.15) is 0 Å². The standard InChI is InChI=1S/C34H27N3O7/c1-21-2-14-27(15-3-21)35-32(41)24-8-6-23(7-9-24)29(38)20-22-4-16-28(17-5-22)36-33(42)25-10-12-26(13-11-25)34(43)44-37-30(39)18-19-31(37)40/h2-17H,18-20H2,1H3,(H,35,41)(H,36,42). The number of benzene rings is 4. The Bertz CT molecular complexity index is 1730. The molecule has 4 aromatic rings. The maximum atomic E-state index is 12.8. The summed E-state index contributed by atoms with van der Waals surface area (Å²) in [7, 11) is 0. The van der Waals surface area contributed by atoms with Gasteiger partial charge in [0, 0.05) is 47.3 Å². The average molecular weight is 590 g/mol. The Morgan fingerprint density at radius 2 is 1.05 bits per heavy atom. The number of anilines is 2. The van der Waals surface area contributed by atoms with E-state index >= 15 is 0 Å². The number of Topliss-reactive ketones (excluding diaryl/α,β-unsaturated/α-hetero) is 1. The van der Waals surface area contributed by atoms with Crippen molar-refractivity contribution in [2.24, 2.45) is 0 Å². The first-order chi connectivity index (χ1) is 21.2. The molecule has 10 nitrogen and oxygen atoms in total. The third-order valence-corrected chi connectivity index (χ3v) is 6.92. The molecule has 1 saturated heterocycles. The molecular weight excluding hydrogens is 562 g/mol. The van der Waals surface area contributed by atoms with Gasteiger partial charge in [-0.25, -0.2) is 4.79 Å². The first-order valence-corrected chi connectivity index (χ1v) is 13.8. The second-order valence-corrected chi connectivity index (χ2v) is 10.2. The van der Waals surface area contributed by atoms with E-state index in [0.29, 0.717) is 27.6 Å². The van der Waals surface area contributed by atoms with Crippen LogP contribution < -0.4 is 10.6 Å². The maximum Gasteiger partial charge on any atom is 0.363 e. The molecule has 1 aliphatic heterocycles. The Balaban J connectivity index is 1.12. The molecule has 4 amide bonds. The van der Waals surface area contributed by atoms with Crippen LogP contribution in [0.5, 0.6) is 0 Å². The Morgan fingerprint density at radius 3 is 1.55 bits per heavy atom. The molecular formula is C34H27N3O7. The van der Waals surface area contributed by atoms with Gasteiger partial charge >= 0.3 is 5.97 Å². The number of hydrogen-bond acceptors (Lipinski definition) is 7. The molecule has 2 N–H and O–H groups in total. The lowest BCUT2D eigenvalue weighted by atomic mass is 10.0. The van der Waals surface area contributed by atoms with E-state index < -0.39 is 23.7 Å². The van der Waals surface area contributed by atoms with Crippen molar-refractivity contribution in [3.63, 3.8) is 0 Å². The van der Waals surface area contributed by atoms with Gasteiger partial charge in [-0.3, -0.25) is 24.0 Å². The van der Waals surface area contributed by atoms with Crippen molar-refractivity contribution in [2.75, 3.05) is 10.6 Å². The topological polar surface area (TPSA) is 139 Å². The van der Waals surface area contributed by atoms with Crippen molar-refractivity contribution in [1.82, 2.24) is 5.06 Å². The fourth-order valence-electron chi connectivity index (χ4n) is 4.40. The molecule has 0 unspecified atom stereocenters. The van der Waals surface area contributed by atoms with Crippen LogP contribution in [-0.2, 0) is 20.8 Å². The summed E-state index contributed by atoms with van der Waals surface area (Å²) < 4.78 is 0. The lowest BCUT2D eigenvalue weighted by Crippen LogP contribution is -2.32. The number of hydrogen-bond donors (Lipinski definition) is 2.